The van der Waals surface area contributed by atoms with E-state index in [0.29, 0.717) is 6.54 Å². The zero-order valence-corrected chi connectivity index (χ0v) is 12.7. The van der Waals surface area contributed by atoms with Gasteiger partial charge in [0.15, 0.2) is 0 Å². The summed E-state index contributed by atoms with van der Waals surface area (Å²) in [6.07, 6.45) is 0. The molecule has 0 N–H and O–H groups in total. The van der Waals surface area contributed by atoms with Crippen molar-refractivity contribution < 1.29 is 8.42 Å². The molecule has 1 saturated heterocycles. The van der Waals surface area contributed by atoms with Crippen LogP contribution in [0.15, 0.2) is 24.3 Å². The molecule has 1 aromatic carbocycles. The smallest absolute Gasteiger partial charge is 0.218 e. The average molecular weight is 282 g/mol. The lowest BCUT2D eigenvalue weighted by molar-refractivity contribution is 0.170. The molecule has 0 spiro atoms. The SMILES string of the molecule is Cc1ccccc1CS(=O)(=O)N1CCN(C)CC1C. The van der Waals surface area contributed by atoms with Gasteiger partial charge in [-0.1, -0.05) is 24.3 Å². The van der Waals surface area contributed by atoms with Gasteiger partial charge < -0.3 is 4.90 Å². The molecule has 2 rings (SSSR count). The van der Waals surface area contributed by atoms with Crippen molar-refractivity contribution in [1.82, 2.24) is 9.21 Å². The first-order valence-corrected chi connectivity index (χ1v) is 8.23. The van der Waals surface area contributed by atoms with Gasteiger partial charge in [0.25, 0.3) is 0 Å². The van der Waals surface area contributed by atoms with E-state index in [1.54, 1.807) is 4.31 Å². The van der Waals surface area contributed by atoms with Crippen molar-refractivity contribution in [3.05, 3.63) is 35.4 Å². The maximum atomic E-state index is 12.5. The topological polar surface area (TPSA) is 40.6 Å². The maximum absolute atomic E-state index is 12.5. The van der Waals surface area contributed by atoms with Gasteiger partial charge in [-0.3, -0.25) is 0 Å². The summed E-state index contributed by atoms with van der Waals surface area (Å²) in [6.45, 7) is 6.12. The van der Waals surface area contributed by atoms with Crippen LogP contribution in [0, 0.1) is 6.92 Å². The van der Waals surface area contributed by atoms with Crippen molar-refractivity contribution in [2.45, 2.75) is 25.6 Å². The van der Waals surface area contributed by atoms with Crippen LogP contribution in [0.4, 0.5) is 0 Å². The lowest BCUT2D eigenvalue weighted by Crippen LogP contribution is -2.52. The Balaban J connectivity index is 2.17. The number of sulfonamides is 1. The molecule has 4 nitrogen and oxygen atoms in total. The number of likely N-dealkylation sites (N-methyl/N-ethyl adjacent to an activating group) is 1. The fourth-order valence-electron chi connectivity index (χ4n) is 2.59. The highest BCUT2D eigenvalue weighted by Gasteiger charge is 2.31. The summed E-state index contributed by atoms with van der Waals surface area (Å²) >= 11 is 0. The molecule has 106 valence electrons. The summed E-state index contributed by atoms with van der Waals surface area (Å²) in [5.41, 5.74) is 1.93. The lowest BCUT2D eigenvalue weighted by Gasteiger charge is -2.37. The molecule has 1 fully saturated rings. The summed E-state index contributed by atoms with van der Waals surface area (Å²) < 4.78 is 26.7. The van der Waals surface area contributed by atoms with Gasteiger partial charge in [0.1, 0.15) is 0 Å². The Morgan fingerprint density at radius 2 is 1.95 bits per heavy atom. The molecule has 0 radical (unpaired) electrons. The normalized spacial score (nSPS) is 22.6. The Morgan fingerprint density at radius 3 is 2.58 bits per heavy atom. The largest absolute Gasteiger partial charge is 0.303 e. The van der Waals surface area contributed by atoms with Crippen molar-refractivity contribution in [3.8, 4) is 0 Å². The highest BCUT2D eigenvalue weighted by molar-refractivity contribution is 7.88. The Morgan fingerprint density at radius 1 is 1.26 bits per heavy atom. The van der Waals surface area contributed by atoms with Gasteiger partial charge >= 0.3 is 0 Å². The standard InChI is InChI=1S/C14H22N2O2S/c1-12-6-4-5-7-14(12)11-19(17,18)16-9-8-15(3)10-13(16)2/h4-7,13H,8-11H2,1-3H3. The fraction of sp³-hybridized carbons (Fsp3) is 0.571. The van der Waals surface area contributed by atoms with Crippen LogP contribution in [0.2, 0.25) is 0 Å². The molecule has 0 aromatic heterocycles. The van der Waals surface area contributed by atoms with E-state index in [4.69, 9.17) is 0 Å². The number of hydrogen-bond acceptors (Lipinski definition) is 3. The number of hydrogen-bond donors (Lipinski definition) is 0. The summed E-state index contributed by atoms with van der Waals surface area (Å²) in [4.78, 5) is 2.17. The average Bonchev–Trinajstić information content (AvgIpc) is 2.31. The zero-order chi connectivity index (χ0) is 14.0. The molecule has 0 amide bonds. The molecule has 0 bridgehead atoms. The minimum Gasteiger partial charge on any atom is -0.303 e. The molecule has 1 aliphatic rings. The minimum atomic E-state index is -3.22. The van der Waals surface area contributed by atoms with Crippen LogP contribution in [0.1, 0.15) is 18.1 Å². The molecule has 1 unspecified atom stereocenters. The van der Waals surface area contributed by atoms with Gasteiger partial charge in [-0.15, -0.1) is 0 Å². The van der Waals surface area contributed by atoms with Gasteiger partial charge in [-0.2, -0.15) is 4.31 Å². The van der Waals surface area contributed by atoms with Crippen molar-refractivity contribution in [1.29, 1.82) is 0 Å². The molecular formula is C14H22N2O2S. The van der Waals surface area contributed by atoms with E-state index in [-0.39, 0.29) is 11.8 Å². The van der Waals surface area contributed by atoms with Crippen molar-refractivity contribution in [2.75, 3.05) is 26.7 Å². The van der Waals surface area contributed by atoms with Gasteiger partial charge in [-0.25, -0.2) is 8.42 Å². The second kappa shape index (κ2) is 5.61. The van der Waals surface area contributed by atoms with Crippen LogP contribution in [-0.2, 0) is 15.8 Å². The van der Waals surface area contributed by atoms with E-state index in [1.165, 1.54) is 0 Å². The first-order chi connectivity index (χ1) is 8.90. The van der Waals surface area contributed by atoms with E-state index in [1.807, 2.05) is 45.2 Å². The quantitative estimate of drug-likeness (QED) is 0.843. The molecule has 0 aliphatic carbocycles. The van der Waals surface area contributed by atoms with Crippen LogP contribution in [0.3, 0.4) is 0 Å². The molecule has 1 aromatic rings. The molecule has 19 heavy (non-hydrogen) atoms. The Bertz CT molecular complexity index is 542. The monoisotopic (exact) mass is 282 g/mol. The minimum absolute atomic E-state index is 0.0489. The van der Waals surface area contributed by atoms with Gasteiger partial charge in [-0.05, 0) is 32.0 Å². The van der Waals surface area contributed by atoms with Gasteiger partial charge in [0.2, 0.25) is 10.0 Å². The first kappa shape index (κ1) is 14.5. The summed E-state index contributed by atoms with van der Waals surface area (Å²) in [6, 6.07) is 7.73. The van der Waals surface area contributed by atoms with Crippen LogP contribution in [0.5, 0.6) is 0 Å². The van der Waals surface area contributed by atoms with E-state index < -0.39 is 10.0 Å². The predicted molar refractivity (Wildman–Crippen MR) is 77.5 cm³/mol. The Labute approximate surface area is 116 Å². The number of rotatable bonds is 3. The second-order valence-electron chi connectivity index (χ2n) is 5.40. The summed E-state index contributed by atoms with van der Waals surface area (Å²) in [7, 11) is -1.20. The Kier molecular flexibility index (Phi) is 4.28. The molecule has 1 aliphatic heterocycles. The van der Waals surface area contributed by atoms with Crippen LogP contribution in [0.25, 0.3) is 0 Å². The third-order valence-electron chi connectivity index (χ3n) is 3.73. The van der Waals surface area contributed by atoms with E-state index >= 15 is 0 Å². The molecule has 0 saturated carbocycles. The third-order valence-corrected chi connectivity index (χ3v) is 5.66. The third kappa shape index (κ3) is 3.35. The van der Waals surface area contributed by atoms with Crippen molar-refractivity contribution in [2.24, 2.45) is 0 Å². The summed E-state index contributed by atoms with van der Waals surface area (Å²) in [5, 5.41) is 0. The first-order valence-electron chi connectivity index (χ1n) is 6.63. The maximum Gasteiger partial charge on any atom is 0.218 e. The molecule has 1 heterocycles. The molecule has 5 heteroatoms. The number of aryl methyl sites for hydroxylation is 1. The van der Waals surface area contributed by atoms with Crippen LogP contribution in [-0.4, -0.2) is 50.3 Å². The Hall–Kier alpha value is -0.910. The lowest BCUT2D eigenvalue weighted by atomic mass is 10.1. The second-order valence-corrected chi connectivity index (χ2v) is 7.33. The number of benzene rings is 1. The highest BCUT2D eigenvalue weighted by atomic mass is 32.2. The van der Waals surface area contributed by atoms with Crippen LogP contribution < -0.4 is 0 Å². The van der Waals surface area contributed by atoms with Crippen LogP contribution >= 0.6 is 0 Å². The van der Waals surface area contributed by atoms with E-state index in [9.17, 15) is 8.42 Å². The highest BCUT2D eigenvalue weighted by Crippen LogP contribution is 2.19. The fourth-order valence-corrected chi connectivity index (χ4v) is 4.45. The zero-order valence-electron chi connectivity index (χ0n) is 11.8. The number of nitrogens with zero attached hydrogens (tertiary/aromatic N) is 2. The van der Waals surface area contributed by atoms with Crippen molar-refractivity contribution >= 4 is 10.0 Å². The van der Waals surface area contributed by atoms with E-state index in [2.05, 4.69) is 4.90 Å². The molecule has 1 atom stereocenters. The van der Waals surface area contributed by atoms with Gasteiger partial charge in [0.05, 0.1) is 5.75 Å². The van der Waals surface area contributed by atoms with Gasteiger partial charge in [0, 0.05) is 25.7 Å². The van der Waals surface area contributed by atoms with Crippen molar-refractivity contribution in [3.63, 3.8) is 0 Å². The molecular weight excluding hydrogens is 260 g/mol. The summed E-state index contributed by atoms with van der Waals surface area (Å²) in [5.74, 6) is 0.105. The predicted octanol–water partition coefficient (Wildman–Crippen LogP) is 1.46. The van der Waals surface area contributed by atoms with E-state index in [0.717, 1.165) is 24.2 Å². The number of piperazine rings is 1.